The first-order valence-electron chi connectivity index (χ1n) is 15.9. The Morgan fingerprint density at radius 2 is 1.79 bits per heavy atom. The number of imidazole rings is 2. The van der Waals surface area contributed by atoms with Crippen molar-refractivity contribution in [3.63, 3.8) is 0 Å². The lowest BCUT2D eigenvalue weighted by molar-refractivity contribution is -0.133. The molecule has 0 radical (unpaired) electrons. The van der Waals surface area contributed by atoms with E-state index in [9.17, 15) is 14.4 Å². The second-order valence-corrected chi connectivity index (χ2v) is 11.3. The quantitative estimate of drug-likeness (QED) is 0.194. The fraction of sp³-hybridized carbons (Fsp3) is 0.406. The Morgan fingerprint density at radius 1 is 1.02 bits per heavy atom. The molecular formula is C32H39N11O4. The second kappa shape index (κ2) is 13.2. The zero-order chi connectivity index (χ0) is 33.2. The van der Waals surface area contributed by atoms with Crippen LogP contribution in [-0.2, 0) is 36.1 Å². The smallest absolute Gasteiger partial charge is 0.332 e. The Balaban J connectivity index is 1.11. The first-order valence-corrected chi connectivity index (χ1v) is 15.9. The van der Waals surface area contributed by atoms with Crippen LogP contribution in [0, 0.1) is 0 Å². The summed E-state index contributed by atoms with van der Waals surface area (Å²) in [7, 11) is 1.78. The number of benzene rings is 1. The maximum atomic E-state index is 13.0. The molecule has 1 aliphatic rings. The molecule has 1 fully saturated rings. The zero-order valence-corrected chi connectivity index (χ0v) is 26.9. The molecule has 246 valence electrons. The molecule has 4 aromatic heterocycles. The highest BCUT2D eigenvalue weighted by atomic mass is 16.5. The molecule has 6 rings (SSSR count). The van der Waals surface area contributed by atoms with Crippen molar-refractivity contribution < 1.29 is 9.53 Å². The molecule has 0 spiro atoms. The first-order chi connectivity index (χ1) is 22.7. The number of carbonyl (C=O) groups is 1. The number of nitrogens with one attached hydrogen (secondary N) is 2. The number of nitrogens with zero attached hydrogens (tertiary/aromatic N) is 8. The fourth-order valence-electron chi connectivity index (χ4n) is 5.91. The Hall–Kier alpha value is -5.31. The van der Waals surface area contributed by atoms with E-state index in [1.165, 1.54) is 9.13 Å². The van der Waals surface area contributed by atoms with E-state index in [1.54, 1.807) is 29.4 Å². The monoisotopic (exact) mass is 641 g/mol. The van der Waals surface area contributed by atoms with Gasteiger partial charge in [0.15, 0.2) is 22.6 Å². The molecule has 1 saturated heterocycles. The van der Waals surface area contributed by atoms with Gasteiger partial charge in [0.1, 0.15) is 23.7 Å². The molecule has 5 heterocycles. The highest BCUT2D eigenvalue weighted by Crippen LogP contribution is 2.31. The van der Waals surface area contributed by atoms with Crippen LogP contribution in [-0.4, -0.2) is 63.3 Å². The average Bonchev–Trinajstić information content (AvgIpc) is 3.79. The van der Waals surface area contributed by atoms with Gasteiger partial charge in [-0.2, -0.15) is 9.97 Å². The molecule has 4 N–H and O–H groups in total. The first kappa shape index (κ1) is 31.7. The van der Waals surface area contributed by atoms with E-state index in [4.69, 9.17) is 10.5 Å². The number of nitrogen functional groups attached to an aromatic ring is 1. The molecule has 2 atom stereocenters. The van der Waals surface area contributed by atoms with Gasteiger partial charge in [0.2, 0.25) is 11.9 Å². The Morgan fingerprint density at radius 3 is 2.51 bits per heavy atom. The predicted molar refractivity (Wildman–Crippen MR) is 180 cm³/mol. The minimum absolute atomic E-state index is 0.116. The number of likely N-dealkylation sites (N-methyl/N-ethyl adjacent to an activating group) is 1. The van der Waals surface area contributed by atoms with Crippen molar-refractivity contribution in [1.29, 1.82) is 0 Å². The van der Waals surface area contributed by atoms with Gasteiger partial charge >= 0.3 is 5.69 Å². The molecule has 0 aliphatic carbocycles. The van der Waals surface area contributed by atoms with Crippen LogP contribution in [0.3, 0.4) is 0 Å². The van der Waals surface area contributed by atoms with E-state index in [0.717, 1.165) is 11.1 Å². The topological polar surface area (TPSA) is 182 Å². The summed E-state index contributed by atoms with van der Waals surface area (Å²) in [5.41, 5.74) is 9.43. The van der Waals surface area contributed by atoms with Crippen molar-refractivity contribution in [2.75, 3.05) is 24.1 Å². The van der Waals surface area contributed by atoms with E-state index < -0.39 is 6.10 Å². The number of ether oxygens (including phenoxy) is 1. The zero-order valence-electron chi connectivity index (χ0n) is 26.9. The molecule has 2 unspecified atom stereocenters. The molecule has 0 bridgehead atoms. The number of rotatable bonds is 11. The Labute approximate surface area is 270 Å². The third-order valence-corrected chi connectivity index (χ3v) is 8.41. The number of carbonyl (C=O) groups excluding carboxylic acids is 1. The van der Waals surface area contributed by atoms with E-state index in [0.29, 0.717) is 79.5 Å². The molecule has 0 saturated carbocycles. The van der Waals surface area contributed by atoms with Crippen LogP contribution in [0.2, 0.25) is 0 Å². The van der Waals surface area contributed by atoms with Crippen LogP contribution >= 0.6 is 0 Å². The summed E-state index contributed by atoms with van der Waals surface area (Å²) in [6.45, 7) is 7.36. The van der Waals surface area contributed by atoms with Gasteiger partial charge in [0, 0.05) is 33.2 Å². The van der Waals surface area contributed by atoms with Crippen LogP contribution < -0.4 is 27.6 Å². The second-order valence-electron chi connectivity index (χ2n) is 11.3. The Kier molecular flexibility index (Phi) is 8.89. The fourth-order valence-corrected chi connectivity index (χ4v) is 5.91. The molecule has 1 aromatic carbocycles. The van der Waals surface area contributed by atoms with Gasteiger partial charge in [0.05, 0.1) is 6.33 Å². The molecule has 1 amide bonds. The number of aryl methyl sites for hydroxylation is 2. The normalized spacial score (nSPS) is 16.5. The number of fused-ring (bicyclic) bond motifs is 2. The van der Waals surface area contributed by atoms with Gasteiger partial charge in [-0.05, 0) is 57.2 Å². The van der Waals surface area contributed by atoms with Crippen molar-refractivity contribution in [2.24, 2.45) is 7.05 Å². The van der Waals surface area contributed by atoms with Crippen LogP contribution in [0.5, 0.6) is 0 Å². The Bertz CT molecular complexity index is 2090. The largest absolute Gasteiger partial charge is 0.382 e. The van der Waals surface area contributed by atoms with Gasteiger partial charge in [-0.25, -0.2) is 14.8 Å². The molecule has 15 nitrogen and oxygen atoms in total. The van der Waals surface area contributed by atoms with Gasteiger partial charge < -0.3 is 25.7 Å². The van der Waals surface area contributed by atoms with Crippen molar-refractivity contribution in [1.82, 2.24) is 43.5 Å². The standard InChI is InChI=1S/C32H39N11O4/c1-5-34-29(44)21-13-15-23(47-21)43-18-36-24-26(33)38-31(39-27(24)43)35-17-16-20-10-8-19(9-11-20)12-14-22-37-28-25(40(22)4)30(45)42(7-3)32(46)41(28)6-2/h8-12,14,18,21,23H,5-7,13,15-17H2,1-4H3,(H,34,44)(H3,33,35,38,39)/b14-12+. The lowest BCUT2D eigenvalue weighted by Gasteiger charge is -2.15. The lowest BCUT2D eigenvalue weighted by atomic mass is 10.1. The number of aromatic nitrogens is 8. The predicted octanol–water partition coefficient (Wildman–Crippen LogP) is 2.30. The molecule has 15 heteroatoms. The number of anilines is 2. The van der Waals surface area contributed by atoms with Crippen molar-refractivity contribution in [2.45, 2.75) is 65.5 Å². The van der Waals surface area contributed by atoms with Crippen LogP contribution in [0.4, 0.5) is 11.8 Å². The van der Waals surface area contributed by atoms with Gasteiger partial charge in [0.25, 0.3) is 5.56 Å². The van der Waals surface area contributed by atoms with Crippen molar-refractivity contribution in [3.8, 4) is 0 Å². The summed E-state index contributed by atoms with van der Waals surface area (Å²) in [4.78, 5) is 56.0. The highest BCUT2D eigenvalue weighted by Gasteiger charge is 2.32. The minimum atomic E-state index is -0.507. The maximum Gasteiger partial charge on any atom is 0.332 e. The summed E-state index contributed by atoms with van der Waals surface area (Å²) in [5, 5.41) is 6.07. The van der Waals surface area contributed by atoms with Crippen LogP contribution in [0.1, 0.15) is 56.8 Å². The van der Waals surface area contributed by atoms with Crippen molar-refractivity contribution >= 4 is 52.2 Å². The SMILES string of the molecule is CCNC(=O)C1CCC(n2cnc3c(N)nc(NCCc4ccc(/C=C/c5nc6c(c(=O)n(CC)c(=O)n6CC)n5C)cc4)nc32)O1. The van der Waals surface area contributed by atoms with Gasteiger partial charge in [-0.1, -0.05) is 30.3 Å². The van der Waals surface area contributed by atoms with Crippen LogP contribution in [0.25, 0.3) is 34.5 Å². The number of hydrogen-bond acceptors (Lipinski definition) is 10. The highest BCUT2D eigenvalue weighted by molar-refractivity contribution is 5.83. The van der Waals surface area contributed by atoms with Crippen LogP contribution in [0.15, 0.2) is 40.2 Å². The molecular weight excluding hydrogens is 602 g/mol. The lowest BCUT2D eigenvalue weighted by Crippen LogP contribution is -2.39. The summed E-state index contributed by atoms with van der Waals surface area (Å²) < 4.78 is 12.3. The van der Waals surface area contributed by atoms with E-state index in [-0.39, 0.29) is 29.2 Å². The van der Waals surface area contributed by atoms with Gasteiger partial charge in [-0.3, -0.25) is 23.3 Å². The minimum Gasteiger partial charge on any atom is -0.382 e. The third kappa shape index (κ3) is 6.01. The van der Waals surface area contributed by atoms with E-state index in [1.807, 2.05) is 50.3 Å². The van der Waals surface area contributed by atoms with E-state index >= 15 is 0 Å². The average molecular weight is 642 g/mol. The summed E-state index contributed by atoms with van der Waals surface area (Å²) in [6, 6.07) is 8.10. The summed E-state index contributed by atoms with van der Waals surface area (Å²) in [5.74, 6) is 1.12. The number of nitrogens with two attached hydrogens (primary N) is 1. The maximum absolute atomic E-state index is 13.0. The number of amides is 1. The summed E-state index contributed by atoms with van der Waals surface area (Å²) >= 11 is 0. The number of hydrogen-bond donors (Lipinski definition) is 3. The molecule has 1 aliphatic heterocycles. The third-order valence-electron chi connectivity index (χ3n) is 8.41. The summed E-state index contributed by atoms with van der Waals surface area (Å²) in [6.07, 6.45) is 6.51. The van der Waals surface area contributed by atoms with E-state index in [2.05, 4.69) is 30.6 Å². The van der Waals surface area contributed by atoms with Crippen molar-refractivity contribution in [3.05, 3.63) is 68.4 Å². The molecule has 47 heavy (non-hydrogen) atoms. The van der Waals surface area contributed by atoms with Gasteiger partial charge in [-0.15, -0.1) is 0 Å². The molecule has 5 aromatic rings.